The third-order valence-electron chi connectivity index (χ3n) is 3.46. The summed E-state index contributed by atoms with van der Waals surface area (Å²) in [5, 5.41) is 15.3. The van der Waals surface area contributed by atoms with Gasteiger partial charge < -0.3 is 24.1 Å². The lowest BCUT2D eigenvalue weighted by Crippen LogP contribution is -2.25. The third-order valence-corrected chi connectivity index (χ3v) is 3.46. The van der Waals surface area contributed by atoms with Crippen molar-refractivity contribution < 1.29 is 23.6 Å². The van der Waals surface area contributed by atoms with Gasteiger partial charge in [0.25, 0.3) is 11.8 Å². The van der Waals surface area contributed by atoms with Gasteiger partial charge in [-0.25, -0.2) is 0 Å². The second-order valence-corrected chi connectivity index (χ2v) is 5.16. The highest BCUT2D eigenvalue weighted by atomic mass is 16.5. The van der Waals surface area contributed by atoms with Gasteiger partial charge in [-0.2, -0.15) is 4.98 Å². The number of methoxy groups -OCH3 is 1. The Bertz CT molecular complexity index is 855. The number of benzene rings is 1. The zero-order valence-electron chi connectivity index (χ0n) is 13.6. The van der Waals surface area contributed by atoms with Gasteiger partial charge in [0.15, 0.2) is 11.6 Å². The summed E-state index contributed by atoms with van der Waals surface area (Å²) in [6.45, 7) is 0.0111. The summed E-state index contributed by atoms with van der Waals surface area (Å²) in [6, 6.07) is 10.7. The highest BCUT2D eigenvalue weighted by Crippen LogP contribution is 2.25. The third kappa shape index (κ3) is 4.04. The first-order valence-corrected chi connectivity index (χ1v) is 7.64. The molecule has 0 unspecified atom stereocenters. The quantitative estimate of drug-likeness (QED) is 0.673. The Morgan fingerprint density at radius 2 is 2.20 bits per heavy atom. The van der Waals surface area contributed by atoms with Crippen LogP contribution in [0.2, 0.25) is 0 Å². The Morgan fingerprint density at radius 1 is 1.32 bits per heavy atom. The summed E-state index contributed by atoms with van der Waals surface area (Å²) in [5.41, 5.74) is 0.821. The summed E-state index contributed by atoms with van der Waals surface area (Å²) in [6.07, 6.45) is 0.388. The first-order valence-electron chi connectivity index (χ1n) is 7.64. The number of carbonyl (C=O) groups excluding carboxylic acids is 1. The molecule has 0 spiro atoms. The van der Waals surface area contributed by atoms with Crippen LogP contribution in [-0.4, -0.2) is 34.8 Å². The zero-order valence-corrected chi connectivity index (χ0v) is 13.6. The molecule has 8 heteroatoms. The molecule has 0 aliphatic carbocycles. The largest absolute Gasteiger partial charge is 0.497 e. The average molecular weight is 343 g/mol. The Kier molecular flexibility index (Phi) is 5.10. The Morgan fingerprint density at radius 3 is 2.96 bits per heavy atom. The van der Waals surface area contributed by atoms with Crippen LogP contribution in [0.15, 0.2) is 45.3 Å². The molecule has 25 heavy (non-hydrogen) atoms. The minimum atomic E-state index is -0.333. The number of carbonyl (C=O) groups is 1. The van der Waals surface area contributed by atoms with Crippen molar-refractivity contribution in [2.24, 2.45) is 0 Å². The number of amides is 1. The highest BCUT2D eigenvalue weighted by molar-refractivity contribution is 5.92. The molecule has 3 aromatic rings. The van der Waals surface area contributed by atoms with Crippen molar-refractivity contribution in [1.29, 1.82) is 0 Å². The number of rotatable bonds is 7. The molecule has 2 N–H and O–H groups in total. The molecule has 1 amide bonds. The van der Waals surface area contributed by atoms with Crippen molar-refractivity contribution >= 4 is 5.91 Å². The van der Waals surface area contributed by atoms with E-state index in [1.165, 1.54) is 0 Å². The normalized spacial score (nSPS) is 10.6. The number of hydrogen-bond acceptors (Lipinski definition) is 7. The smallest absolute Gasteiger partial charge is 0.287 e. The van der Waals surface area contributed by atoms with Gasteiger partial charge in [0.2, 0.25) is 0 Å². The summed E-state index contributed by atoms with van der Waals surface area (Å²) >= 11 is 0. The Balaban J connectivity index is 1.58. The lowest BCUT2D eigenvalue weighted by atomic mass is 10.2. The predicted molar refractivity (Wildman–Crippen MR) is 87.0 cm³/mol. The summed E-state index contributed by atoms with van der Waals surface area (Å²) in [4.78, 5) is 16.1. The number of hydrogen-bond donors (Lipinski definition) is 2. The molecule has 0 atom stereocenters. The average Bonchev–Trinajstić information content (AvgIpc) is 3.31. The molecular weight excluding hydrogens is 326 g/mol. The van der Waals surface area contributed by atoms with Crippen molar-refractivity contribution in [3.63, 3.8) is 0 Å². The standard InChI is InChI=1S/C17H17N3O5/c1-23-12-4-2-3-11(9-12)13-5-6-14(24-13)17(22)18-8-7-15-19-16(10-21)25-20-15/h2-6,9,21H,7-8,10H2,1H3,(H,18,22). The van der Waals surface area contributed by atoms with Crippen LogP contribution in [0.25, 0.3) is 11.3 Å². The topological polar surface area (TPSA) is 111 Å². The summed E-state index contributed by atoms with van der Waals surface area (Å²) < 4.78 is 15.6. The van der Waals surface area contributed by atoms with E-state index in [-0.39, 0.29) is 24.2 Å². The van der Waals surface area contributed by atoms with Gasteiger partial charge in [-0.15, -0.1) is 0 Å². The van der Waals surface area contributed by atoms with E-state index in [9.17, 15) is 4.79 Å². The second kappa shape index (κ2) is 7.63. The van der Waals surface area contributed by atoms with E-state index < -0.39 is 0 Å². The van der Waals surface area contributed by atoms with Crippen LogP contribution in [0.1, 0.15) is 22.3 Å². The van der Waals surface area contributed by atoms with E-state index in [2.05, 4.69) is 15.5 Å². The van der Waals surface area contributed by atoms with Crippen LogP contribution in [0, 0.1) is 0 Å². The fraction of sp³-hybridized carbons (Fsp3) is 0.235. The number of furan rings is 1. The maximum absolute atomic E-state index is 12.1. The Labute approximate surface area is 143 Å². The highest BCUT2D eigenvalue weighted by Gasteiger charge is 2.13. The van der Waals surface area contributed by atoms with Gasteiger partial charge in [-0.05, 0) is 24.3 Å². The minimum absolute atomic E-state index is 0.148. The monoisotopic (exact) mass is 343 g/mol. The number of aliphatic hydroxyl groups is 1. The van der Waals surface area contributed by atoms with Crippen LogP contribution in [0.5, 0.6) is 5.75 Å². The lowest BCUT2D eigenvalue weighted by molar-refractivity contribution is 0.0927. The number of aromatic nitrogens is 2. The van der Waals surface area contributed by atoms with Gasteiger partial charge in [0.05, 0.1) is 7.11 Å². The number of ether oxygens (including phenoxy) is 1. The van der Waals surface area contributed by atoms with Crippen LogP contribution < -0.4 is 10.1 Å². The molecule has 2 heterocycles. The molecule has 130 valence electrons. The maximum Gasteiger partial charge on any atom is 0.287 e. The molecule has 1 aromatic carbocycles. The maximum atomic E-state index is 12.1. The van der Waals surface area contributed by atoms with Crippen molar-refractivity contribution in [2.45, 2.75) is 13.0 Å². The van der Waals surface area contributed by atoms with Crippen LogP contribution >= 0.6 is 0 Å². The van der Waals surface area contributed by atoms with E-state index in [0.717, 1.165) is 5.56 Å². The van der Waals surface area contributed by atoms with Crippen molar-refractivity contribution in [1.82, 2.24) is 15.5 Å². The van der Waals surface area contributed by atoms with E-state index in [1.54, 1.807) is 19.2 Å². The molecule has 0 saturated heterocycles. The zero-order chi connectivity index (χ0) is 17.6. The summed E-state index contributed by atoms with van der Waals surface area (Å²) in [5.74, 6) is 1.73. The number of aliphatic hydroxyl groups excluding tert-OH is 1. The van der Waals surface area contributed by atoms with Crippen LogP contribution in [0.4, 0.5) is 0 Å². The van der Waals surface area contributed by atoms with Gasteiger partial charge in [-0.1, -0.05) is 17.3 Å². The first kappa shape index (κ1) is 16.7. The van der Waals surface area contributed by atoms with Gasteiger partial charge in [0.1, 0.15) is 18.1 Å². The molecular formula is C17H17N3O5. The van der Waals surface area contributed by atoms with E-state index in [0.29, 0.717) is 30.3 Å². The Hall–Kier alpha value is -3.13. The molecule has 0 aliphatic heterocycles. The van der Waals surface area contributed by atoms with Crippen LogP contribution in [-0.2, 0) is 13.0 Å². The number of nitrogens with one attached hydrogen (secondary N) is 1. The molecule has 8 nitrogen and oxygen atoms in total. The van der Waals surface area contributed by atoms with Gasteiger partial charge >= 0.3 is 0 Å². The van der Waals surface area contributed by atoms with Crippen LogP contribution in [0.3, 0.4) is 0 Å². The van der Waals surface area contributed by atoms with Crippen molar-refractivity contribution in [3.05, 3.63) is 53.9 Å². The van der Waals surface area contributed by atoms with Crippen molar-refractivity contribution in [3.8, 4) is 17.1 Å². The second-order valence-electron chi connectivity index (χ2n) is 5.16. The van der Waals surface area contributed by atoms with E-state index in [1.807, 2.05) is 24.3 Å². The molecule has 0 bridgehead atoms. The molecule has 3 rings (SSSR count). The first-order chi connectivity index (χ1) is 12.2. The molecule has 0 radical (unpaired) electrons. The minimum Gasteiger partial charge on any atom is -0.497 e. The lowest BCUT2D eigenvalue weighted by Gasteiger charge is -2.02. The van der Waals surface area contributed by atoms with E-state index in [4.69, 9.17) is 18.8 Å². The summed E-state index contributed by atoms with van der Waals surface area (Å²) in [7, 11) is 1.59. The molecule has 0 saturated carbocycles. The predicted octanol–water partition coefficient (Wildman–Crippen LogP) is 1.80. The SMILES string of the molecule is COc1cccc(-c2ccc(C(=O)NCCc3noc(CO)n3)o2)c1. The molecule has 0 aliphatic rings. The number of nitrogens with zero attached hydrogens (tertiary/aromatic N) is 2. The fourth-order valence-corrected chi connectivity index (χ4v) is 2.22. The van der Waals surface area contributed by atoms with Gasteiger partial charge in [-0.3, -0.25) is 4.79 Å². The van der Waals surface area contributed by atoms with Crippen molar-refractivity contribution in [2.75, 3.05) is 13.7 Å². The van der Waals surface area contributed by atoms with Gasteiger partial charge in [0, 0.05) is 18.5 Å². The molecule has 0 fully saturated rings. The molecule has 2 aromatic heterocycles. The van der Waals surface area contributed by atoms with E-state index >= 15 is 0 Å². The fourth-order valence-electron chi connectivity index (χ4n) is 2.22.